The second-order valence-electron chi connectivity index (χ2n) is 6.00. The standard InChI is InChI=1S/C17H23N3O2/c1-3-20-13(12-19-9-7-18(2)8-10-19)11-15-14(17(21)22)5-4-6-16(15)20/h4-6,11H,3,7-10,12H2,1-2H3,(H,21,22). The minimum absolute atomic E-state index is 0.393. The lowest BCUT2D eigenvalue weighted by atomic mass is 10.1. The molecular weight excluding hydrogens is 278 g/mol. The van der Waals surface area contributed by atoms with Crippen LogP contribution in [0, 0.1) is 0 Å². The van der Waals surface area contributed by atoms with E-state index >= 15 is 0 Å². The summed E-state index contributed by atoms with van der Waals surface area (Å²) >= 11 is 0. The third kappa shape index (κ3) is 2.74. The van der Waals surface area contributed by atoms with Gasteiger partial charge in [-0.1, -0.05) is 6.07 Å². The summed E-state index contributed by atoms with van der Waals surface area (Å²) in [6.45, 7) is 8.16. The molecule has 0 saturated carbocycles. The van der Waals surface area contributed by atoms with Crippen LogP contribution in [0.1, 0.15) is 23.0 Å². The first-order valence-corrected chi connectivity index (χ1v) is 7.85. The molecule has 0 aliphatic carbocycles. The van der Waals surface area contributed by atoms with Gasteiger partial charge in [-0.3, -0.25) is 4.90 Å². The Morgan fingerprint density at radius 2 is 1.95 bits per heavy atom. The van der Waals surface area contributed by atoms with E-state index in [0.717, 1.165) is 50.2 Å². The molecule has 0 amide bonds. The zero-order valence-electron chi connectivity index (χ0n) is 13.2. The van der Waals surface area contributed by atoms with Gasteiger partial charge in [0, 0.05) is 55.9 Å². The summed E-state index contributed by atoms with van der Waals surface area (Å²) in [6.07, 6.45) is 0. The highest BCUT2D eigenvalue weighted by molar-refractivity contribution is 6.03. The normalized spacial score (nSPS) is 17.2. The summed E-state index contributed by atoms with van der Waals surface area (Å²) < 4.78 is 2.24. The van der Waals surface area contributed by atoms with E-state index in [1.165, 1.54) is 5.69 Å². The van der Waals surface area contributed by atoms with Gasteiger partial charge in [0.1, 0.15) is 0 Å². The molecule has 1 N–H and O–H groups in total. The van der Waals surface area contributed by atoms with Gasteiger partial charge in [0.15, 0.2) is 0 Å². The number of aryl methyl sites for hydroxylation is 1. The molecule has 1 aliphatic rings. The van der Waals surface area contributed by atoms with Crippen molar-refractivity contribution in [2.24, 2.45) is 0 Å². The lowest BCUT2D eigenvalue weighted by molar-refractivity contribution is 0.0699. The van der Waals surface area contributed by atoms with Crippen molar-refractivity contribution < 1.29 is 9.90 Å². The van der Waals surface area contributed by atoms with Crippen LogP contribution in [-0.4, -0.2) is 58.7 Å². The number of likely N-dealkylation sites (N-methyl/N-ethyl adjacent to an activating group) is 1. The maximum Gasteiger partial charge on any atom is 0.336 e. The molecule has 1 aliphatic heterocycles. The number of aromatic carboxylic acids is 1. The number of aromatic nitrogens is 1. The minimum Gasteiger partial charge on any atom is -0.478 e. The van der Waals surface area contributed by atoms with Crippen molar-refractivity contribution in [2.75, 3.05) is 33.2 Å². The Morgan fingerprint density at radius 1 is 1.23 bits per heavy atom. The van der Waals surface area contributed by atoms with Crippen LogP contribution in [0.5, 0.6) is 0 Å². The average molecular weight is 301 g/mol. The Labute approximate surface area is 130 Å². The summed E-state index contributed by atoms with van der Waals surface area (Å²) in [5.41, 5.74) is 2.62. The molecule has 5 heteroatoms. The second kappa shape index (κ2) is 6.10. The van der Waals surface area contributed by atoms with E-state index in [0.29, 0.717) is 5.56 Å². The topological polar surface area (TPSA) is 48.7 Å². The van der Waals surface area contributed by atoms with Gasteiger partial charge in [0.25, 0.3) is 0 Å². The molecule has 0 radical (unpaired) electrons. The van der Waals surface area contributed by atoms with Crippen molar-refractivity contribution in [2.45, 2.75) is 20.0 Å². The molecule has 1 fully saturated rings. The fourth-order valence-electron chi connectivity index (χ4n) is 3.27. The van der Waals surface area contributed by atoms with Gasteiger partial charge < -0.3 is 14.6 Å². The number of hydrogen-bond donors (Lipinski definition) is 1. The van der Waals surface area contributed by atoms with E-state index in [9.17, 15) is 9.90 Å². The molecule has 0 unspecified atom stereocenters. The van der Waals surface area contributed by atoms with Crippen molar-refractivity contribution in [1.82, 2.24) is 14.4 Å². The van der Waals surface area contributed by atoms with E-state index in [4.69, 9.17) is 0 Å². The van der Waals surface area contributed by atoms with Gasteiger partial charge in [-0.05, 0) is 32.2 Å². The van der Waals surface area contributed by atoms with Crippen molar-refractivity contribution in [3.63, 3.8) is 0 Å². The molecular formula is C17H23N3O2. The van der Waals surface area contributed by atoms with Gasteiger partial charge in [-0.25, -0.2) is 4.79 Å². The van der Waals surface area contributed by atoms with Gasteiger partial charge >= 0.3 is 5.97 Å². The number of benzene rings is 1. The molecule has 118 valence electrons. The van der Waals surface area contributed by atoms with E-state index in [-0.39, 0.29) is 0 Å². The maximum atomic E-state index is 11.4. The molecule has 5 nitrogen and oxygen atoms in total. The highest BCUT2D eigenvalue weighted by atomic mass is 16.4. The van der Waals surface area contributed by atoms with Crippen molar-refractivity contribution in [3.8, 4) is 0 Å². The number of nitrogens with zero attached hydrogens (tertiary/aromatic N) is 3. The van der Waals surface area contributed by atoms with Crippen LogP contribution in [0.4, 0.5) is 0 Å². The number of hydrogen-bond acceptors (Lipinski definition) is 3. The average Bonchev–Trinajstić information content (AvgIpc) is 2.86. The third-order valence-corrected chi connectivity index (χ3v) is 4.56. The minimum atomic E-state index is -0.856. The van der Waals surface area contributed by atoms with Gasteiger partial charge in [-0.15, -0.1) is 0 Å². The SMILES string of the molecule is CCn1c(CN2CCN(C)CC2)cc2c(C(=O)O)cccc21. The lowest BCUT2D eigenvalue weighted by Gasteiger charge is -2.32. The van der Waals surface area contributed by atoms with Gasteiger partial charge in [0.05, 0.1) is 5.56 Å². The number of carbonyl (C=O) groups is 1. The number of piperazine rings is 1. The smallest absolute Gasteiger partial charge is 0.336 e. The molecule has 1 saturated heterocycles. The summed E-state index contributed by atoms with van der Waals surface area (Å²) in [4.78, 5) is 16.2. The van der Waals surface area contributed by atoms with Crippen LogP contribution in [0.15, 0.2) is 24.3 Å². The second-order valence-corrected chi connectivity index (χ2v) is 6.00. The van der Waals surface area contributed by atoms with Crippen LogP contribution in [0.25, 0.3) is 10.9 Å². The first-order valence-electron chi connectivity index (χ1n) is 7.85. The molecule has 22 heavy (non-hydrogen) atoms. The number of fused-ring (bicyclic) bond motifs is 1. The van der Waals surface area contributed by atoms with Crippen LogP contribution >= 0.6 is 0 Å². The number of carboxylic acids is 1. The molecule has 1 aromatic heterocycles. The van der Waals surface area contributed by atoms with Crippen molar-refractivity contribution >= 4 is 16.9 Å². The van der Waals surface area contributed by atoms with Gasteiger partial charge in [0.2, 0.25) is 0 Å². The zero-order chi connectivity index (χ0) is 15.7. The summed E-state index contributed by atoms with van der Waals surface area (Å²) in [5.74, 6) is -0.856. The maximum absolute atomic E-state index is 11.4. The Balaban J connectivity index is 1.95. The fraction of sp³-hybridized carbons (Fsp3) is 0.471. The van der Waals surface area contributed by atoms with Crippen LogP contribution in [-0.2, 0) is 13.1 Å². The summed E-state index contributed by atoms with van der Waals surface area (Å²) in [5, 5.41) is 10.2. The Bertz CT molecular complexity index is 685. The molecule has 2 aromatic rings. The number of rotatable bonds is 4. The van der Waals surface area contributed by atoms with E-state index in [1.807, 2.05) is 12.1 Å². The first-order chi connectivity index (χ1) is 10.6. The van der Waals surface area contributed by atoms with Crippen molar-refractivity contribution in [3.05, 3.63) is 35.5 Å². The Hall–Kier alpha value is -1.85. The first kappa shape index (κ1) is 15.1. The Kier molecular flexibility index (Phi) is 4.18. The van der Waals surface area contributed by atoms with Crippen LogP contribution in [0.3, 0.4) is 0 Å². The van der Waals surface area contributed by atoms with E-state index in [2.05, 4.69) is 34.4 Å². The monoisotopic (exact) mass is 301 g/mol. The van der Waals surface area contributed by atoms with E-state index in [1.54, 1.807) is 6.07 Å². The predicted octanol–water partition coefficient (Wildman–Crippen LogP) is 2.11. The van der Waals surface area contributed by atoms with Crippen LogP contribution < -0.4 is 0 Å². The number of carboxylic acid groups (broad SMARTS) is 1. The highest BCUT2D eigenvalue weighted by Crippen LogP contribution is 2.25. The Morgan fingerprint density at radius 3 is 2.59 bits per heavy atom. The largest absolute Gasteiger partial charge is 0.478 e. The molecule has 1 aromatic carbocycles. The molecule has 0 bridgehead atoms. The highest BCUT2D eigenvalue weighted by Gasteiger charge is 2.18. The summed E-state index contributed by atoms with van der Waals surface area (Å²) in [7, 11) is 2.15. The predicted molar refractivity (Wildman–Crippen MR) is 87.3 cm³/mol. The van der Waals surface area contributed by atoms with Crippen LogP contribution in [0.2, 0.25) is 0 Å². The lowest BCUT2D eigenvalue weighted by Crippen LogP contribution is -2.44. The molecule has 0 spiro atoms. The fourth-order valence-corrected chi connectivity index (χ4v) is 3.27. The quantitative estimate of drug-likeness (QED) is 0.939. The molecule has 3 rings (SSSR count). The summed E-state index contributed by atoms with van der Waals surface area (Å²) in [6, 6.07) is 7.58. The van der Waals surface area contributed by atoms with E-state index < -0.39 is 5.97 Å². The molecule has 0 atom stereocenters. The molecule has 2 heterocycles. The third-order valence-electron chi connectivity index (χ3n) is 4.56. The van der Waals surface area contributed by atoms with Gasteiger partial charge in [-0.2, -0.15) is 0 Å². The zero-order valence-corrected chi connectivity index (χ0v) is 13.2. The van der Waals surface area contributed by atoms with Crippen molar-refractivity contribution in [1.29, 1.82) is 0 Å².